The maximum atomic E-state index is 12.7. The van der Waals surface area contributed by atoms with Gasteiger partial charge in [0.1, 0.15) is 5.54 Å². The van der Waals surface area contributed by atoms with E-state index in [9.17, 15) is 18.0 Å². The van der Waals surface area contributed by atoms with Gasteiger partial charge >= 0.3 is 0 Å². The third-order valence-electron chi connectivity index (χ3n) is 4.92. The zero-order valence-electron chi connectivity index (χ0n) is 15.3. The Morgan fingerprint density at radius 1 is 1.07 bits per heavy atom. The molecule has 29 heavy (non-hydrogen) atoms. The van der Waals surface area contributed by atoms with Crippen LogP contribution in [0.2, 0.25) is 15.1 Å². The van der Waals surface area contributed by atoms with Gasteiger partial charge in [0.2, 0.25) is 5.91 Å². The zero-order chi connectivity index (χ0) is 21.4. The summed E-state index contributed by atoms with van der Waals surface area (Å²) in [5.74, 6) is -1.10. The predicted octanol–water partition coefficient (Wildman–Crippen LogP) is 3.69. The van der Waals surface area contributed by atoms with Crippen molar-refractivity contribution in [2.75, 3.05) is 6.54 Å². The van der Waals surface area contributed by atoms with Gasteiger partial charge in [-0.3, -0.25) is 9.59 Å². The molecule has 154 valence electrons. The number of likely N-dealkylation sites (tertiary alicyclic amines) is 1. The van der Waals surface area contributed by atoms with Gasteiger partial charge in [0.05, 0.1) is 11.3 Å². The van der Waals surface area contributed by atoms with Gasteiger partial charge in [-0.25, -0.2) is 13.1 Å². The fraction of sp³-hybridized carbons (Fsp3) is 0.263. The molecule has 1 unspecified atom stereocenters. The highest BCUT2D eigenvalue weighted by molar-refractivity contribution is 7.90. The SMILES string of the molecule is CC1(C(=O)NS(=O)(=O)c2ccc(Cl)cc2)CCN1C(=O)Cc1ccc(Cl)cc1Cl. The van der Waals surface area contributed by atoms with Crippen LogP contribution in [0.3, 0.4) is 0 Å². The second-order valence-corrected chi connectivity index (χ2v) is 9.83. The van der Waals surface area contributed by atoms with Crippen molar-refractivity contribution in [2.24, 2.45) is 0 Å². The Balaban J connectivity index is 1.73. The van der Waals surface area contributed by atoms with Crippen molar-refractivity contribution in [2.45, 2.75) is 30.2 Å². The van der Waals surface area contributed by atoms with Crippen LogP contribution in [-0.4, -0.2) is 37.2 Å². The van der Waals surface area contributed by atoms with E-state index in [-0.39, 0.29) is 17.2 Å². The van der Waals surface area contributed by atoms with Crippen LogP contribution in [-0.2, 0) is 26.0 Å². The Morgan fingerprint density at radius 2 is 1.69 bits per heavy atom. The molecule has 6 nitrogen and oxygen atoms in total. The standard InChI is InChI=1S/C19H17Cl3N2O4S/c1-19(18(26)23-29(27,28)15-6-4-13(20)5-7-15)8-9-24(19)17(25)10-12-2-3-14(21)11-16(12)22/h2-7,11H,8-10H2,1H3,(H,23,26). The first-order chi connectivity index (χ1) is 13.5. The summed E-state index contributed by atoms with van der Waals surface area (Å²) in [7, 11) is -4.09. The van der Waals surface area contributed by atoms with Gasteiger partial charge in [0, 0.05) is 21.6 Å². The summed E-state index contributed by atoms with van der Waals surface area (Å²) in [5, 5.41) is 1.17. The smallest absolute Gasteiger partial charge is 0.264 e. The van der Waals surface area contributed by atoms with Crippen molar-refractivity contribution in [3.8, 4) is 0 Å². The van der Waals surface area contributed by atoms with Crippen molar-refractivity contribution in [1.82, 2.24) is 9.62 Å². The molecule has 0 bridgehead atoms. The lowest BCUT2D eigenvalue weighted by Crippen LogP contribution is -2.68. The molecule has 0 aromatic heterocycles. The Morgan fingerprint density at radius 3 is 2.24 bits per heavy atom. The first kappa shape index (κ1) is 21.9. The predicted molar refractivity (Wildman–Crippen MR) is 112 cm³/mol. The summed E-state index contributed by atoms with van der Waals surface area (Å²) in [5.41, 5.74) is -0.695. The number of hydrogen-bond acceptors (Lipinski definition) is 4. The average molecular weight is 476 g/mol. The summed E-state index contributed by atoms with van der Waals surface area (Å²) < 4.78 is 27.0. The number of sulfonamides is 1. The van der Waals surface area contributed by atoms with Crippen molar-refractivity contribution in [3.05, 3.63) is 63.1 Å². The van der Waals surface area contributed by atoms with Gasteiger partial charge in [-0.15, -0.1) is 0 Å². The number of hydrogen-bond donors (Lipinski definition) is 1. The van der Waals surface area contributed by atoms with E-state index in [0.717, 1.165) is 0 Å². The van der Waals surface area contributed by atoms with Crippen molar-refractivity contribution in [1.29, 1.82) is 0 Å². The molecule has 1 saturated heterocycles. The molecule has 1 fully saturated rings. The number of amides is 2. The molecule has 2 amide bonds. The summed E-state index contributed by atoms with van der Waals surface area (Å²) >= 11 is 17.7. The number of carbonyl (C=O) groups is 2. The maximum Gasteiger partial charge on any atom is 0.264 e. The highest BCUT2D eigenvalue weighted by Crippen LogP contribution is 2.32. The van der Waals surface area contributed by atoms with Crippen molar-refractivity contribution >= 4 is 56.6 Å². The molecule has 0 saturated carbocycles. The zero-order valence-corrected chi connectivity index (χ0v) is 18.4. The minimum Gasteiger partial charge on any atom is -0.328 e. The molecule has 2 aromatic rings. The molecule has 0 radical (unpaired) electrons. The molecular weight excluding hydrogens is 459 g/mol. The van der Waals surface area contributed by atoms with Crippen LogP contribution in [0.5, 0.6) is 0 Å². The number of nitrogens with one attached hydrogen (secondary N) is 1. The van der Waals surface area contributed by atoms with Gasteiger partial charge in [-0.2, -0.15) is 0 Å². The molecule has 0 aliphatic carbocycles. The van der Waals surface area contributed by atoms with E-state index in [1.165, 1.54) is 42.2 Å². The van der Waals surface area contributed by atoms with Crippen LogP contribution in [0.15, 0.2) is 47.4 Å². The van der Waals surface area contributed by atoms with Crippen LogP contribution in [0.1, 0.15) is 18.9 Å². The lowest BCUT2D eigenvalue weighted by Gasteiger charge is -2.49. The normalized spacial score (nSPS) is 18.8. The Kier molecular flexibility index (Phi) is 6.15. The van der Waals surface area contributed by atoms with Gasteiger partial charge in [0.25, 0.3) is 15.9 Å². The minimum absolute atomic E-state index is 0.0250. The highest BCUT2D eigenvalue weighted by Gasteiger charge is 2.50. The van der Waals surface area contributed by atoms with Gasteiger partial charge < -0.3 is 4.90 Å². The molecule has 1 N–H and O–H groups in total. The van der Waals surface area contributed by atoms with Crippen LogP contribution in [0.4, 0.5) is 0 Å². The molecule has 3 rings (SSSR count). The monoisotopic (exact) mass is 474 g/mol. The van der Waals surface area contributed by atoms with Crippen LogP contribution < -0.4 is 4.72 Å². The van der Waals surface area contributed by atoms with E-state index in [1.807, 2.05) is 0 Å². The van der Waals surface area contributed by atoms with Crippen LogP contribution >= 0.6 is 34.8 Å². The topological polar surface area (TPSA) is 83.6 Å². The second-order valence-electron chi connectivity index (χ2n) is 6.87. The third kappa shape index (κ3) is 4.53. The van der Waals surface area contributed by atoms with E-state index in [1.54, 1.807) is 12.1 Å². The van der Waals surface area contributed by atoms with E-state index in [4.69, 9.17) is 34.8 Å². The first-order valence-corrected chi connectivity index (χ1v) is 11.2. The molecule has 1 aliphatic heterocycles. The molecule has 0 spiro atoms. The molecule has 1 aliphatic rings. The molecule has 1 heterocycles. The molecule has 1 atom stereocenters. The average Bonchev–Trinajstić information content (AvgIpc) is 2.62. The van der Waals surface area contributed by atoms with Gasteiger partial charge in [0.15, 0.2) is 0 Å². The van der Waals surface area contributed by atoms with Crippen molar-refractivity contribution < 1.29 is 18.0 Å². The maximum absolute atomic E-state index is 12.7. The molecular formula is C19H17Cl3N2O4S. The molecule has 10 heteroatoms. The summed E-state index contributed by atoms with van der Waals surface area (Å²) in [6.07, 6.45) is 0.317. The summed E-state index contributed by atoms with van der Waals surface area (Å²) in [4.78, 5) is 26.7. The number of halogens is 3. The summed E-state index contributed by atoms with van der Waals surface area (Å²) in [6.45, 7) is 1.87. The number of carbonyl (C=O) groups excluding carboxylic acids is 2. The molecule has 2 aromatic carbocycles. The second kappa shape index (κ2) is 8.14. The Hall–Kier alpha value is -1.80. The first-order valence-electron chi connectivity index (χ1n) is 8.60. The van der Waals surface area contributed by atoms with Crippen LogP contribution in [0, 0.1) is 0 Å². The van der Waals surface area contributed by atoms with Crippen LogP contribution in [0.25, 0.3) is 0 Å². The van der Waals surface area contributed by atoms with Gasteiger partial charge in [-0.05, 0) is 55.3 Å². The Bertz CT molecular complexity index is 1070. The van der Waals surface area contributed by atoms with Crippen molar-refractivity contribution in [3.63, 3.8) is 0 Å². The van der Waals surface area contributed by atoms with E-state index in [0.29, 0.717) is 33.6 Å². The largest absolute Gasteiger partial charge is 0.328 e. The van der Waals surface area contributed by atoms with E-state index < -0.39 is 21.5 Å². The Labute approximate surface area is 183 Å². The minimum atomic E-state index is -4.09. The van der Waals surface area contributed by atoms with E-state index >= 15 is 0 Å². The number of rotatable bonds is 5. The van der Waals surface area contributed by atoms with E-state index in [2.05, 4.69) is 4.72 Å². The number of benzene rings is 2. The highest BCUT2D eigenvalue weighted by atomic mass is 35.5. The lowest BCUT2D eigenvalue weighted by atomic mass is 9.85. The quantitative estimate of drug-likeness (QED) is 0.715. The lowest BCUT2D eigenvalue weighted by molar-refractivity contribution is -0.156. The number of nitrogens with zero attached hydrogens (tertiary/aromatic N) is 1. The van der Waals surface area contributed by atoms with Gasteiger partial charge in [-0.1, -0.05) is 40.9 Å². The fourth-order valence-corrected chi connectivity index (χ4v) is 4.70. The fourth-order valence-electron chi connectivity index (χ4n) is 3.02. The third-order valence-corrected chi connectivity index (χ3v) is 7.10. The summed E-state index contributed by atoms with van der Waals surface area (Å²) in [6, 6.07) is 10.2.